The average Bonchev–Trinajstić information content (AvgIpc) is 3.35. The number of carbonyl (C=O) groups excluding carboxylic acids is 1. The summed E-state index contributed by atoms with van der Waals surface area (Å²) in [6.07, 6.45) is -7.11. The molecule has 1 aromatic heterocycles. The highest BCUT2D eigenvalue weighted by Crippen LogP contribution is 2.64. The minimum atomic E-state index is -8.77. The van der Waals surface area contributed by atoms with Crippen molar-refractivity contribution in [2.24, 2.45) is 0 Å². The molecular weight excluding hydrogens is 663 g/mol. The largest absolute Gasteiger partial charge is 0.460 e. The number of nitrogens with one attached hydrogen (secondary N) is 1. The van der Waals surface area contributed by atoms with Gasteiger partial charge in [-0.1, -0.05) is 38.1 Å². The second-order valence-corrected chi connectivity index (χ2v) is 9.80. The third-order valence-electron chi connectivity index (χ3n) is 6.12. The Bertz CT molecular complexity index is 1300. The van der Waals surface area contributed by atoms with E-state index in [9.17, 15) is 79.4 Å². The number of carbonyl (C=O) groups is 1. The molecule has 0 bridgehead atoms. The summed E-state index contributed by atoms with van der Waals surface area (Å²) in [4.78, 5) is 15.2. The number of nitrogens with zero attached hydrogens (tertiary/aromatic N) is 1. The van der Waals surface area contributed by atoms with Crippen LogP contribution in [-0.4, -0.2) is 58.5 Å². The molecule has 0 spiro atoms. The van der Waals surface area contributed by atoms with Crippen LogP contribution in [-0.2, 0) is 4.79 Å². The van der Waals surface area contributed by atoms with Gasteiger partial charge in [0.25, 0.3) is 0 Å². The maximum absolute atomic E-state index is 14.1. The Morgan fingerprint density at radius 2 is 1.14 bits per heavy atom. The van der Waals surface area contributed by atoms with Gasteiger partial charge < -0.3 is 0 Å². The Hall–Kier alpha value is -2.87. The highest BCUT2D eigenvalue weighted by Gasteiger charge is 2.95. The monoisotopic (exact) mass is 678 g/mol. The van der Waals surface area contributed by atoms with Gasteiger partial charge >= 0.3 is 53.5 Å². The third kappa shape index (κ3) is 5.49. The number of amides is 1. The van der Waals surface area contributed by atoms with Crippen molar-refractivity contribution in [3.8, 4) is 11.3 Å². The average molecular weight is 678 g/mol. The summed E-state index contributed by atoms with van der Waals surface area (Å²) in [5, 5.41) is 0.721. The molecule has 43 heavy (non-hydrogen) atoms. The SMILES string of the molecule is CCC(C)c1ccc(-c2csc(NC(=O)C(F)(F)C(F)(F)C(F)(F)C(F)(F)C(F)(F)C(F)(F)C(F)(F)C(F)(F)F)n2)cc1. The molecule has 1 N–H and O–H groups in total. The number of benzene rings is 1. The number of hydrogen-bond acceptors (Lipinski definition) is 3. The molecule has 244 valence electrons. The summed E-state index contributed by atoms with van der Waals surface area (Å²) in [6, 6.07) is 6.07. The van der Waals surface area contributed by atoms with Gasteiger partial charge in [-0.3, -0.25) is 10.1 Å². The molecule has 3 nitrogen and oxygen atoms in total. The number of hydrogen-bond donors (Lipinski definition) is 1. The smallest absolute Gasteiger partial charge is 0.296 e. The van der Waals surface area contributed by atoms with E-state index in [1.165, 1.54) is 12.1 Å². The van der Waals surface area contributed by atoms with Crippen molar-refractivity contribution in [2.75, 3.05) is 5.32 Å². The second-order valence-electron chi connectivity index (χ2n) is 8.94. The lowest BCUT2D eigenvalue weighted by atomic mass is 9.89. The number of alkyl halides is 17. The van der Waals surface area contributed by atoms with Crippen LogP contribution in [0.3, 0.4) is 0 Å². The molecule has 0 saturated heterocycles. The normalized spacial score (nSPS) is 15.4. The molecule has 2 aromatic rings. The Labute approximate surface area is 233 Å². The zero-order valence-corrected chi connectivity index (χ0v) is 21.7. The lowest BCUT2D eigenvalue weighted by Gasteiger charge is -2.42. The third-order valence-corrected chi connectivity index (χ3v) is 6.88. The molecule has 1 aromatic carbocycles. The topological polar surface area (TPSA) is 42.0 Å². The van der Waals surface area contributed by atoms with E-state index in [1.807, 2.05) is 13.8 Å². The van der Waals surface area contributed by atoms with Gasteiger partial charge in [0.15, 0.2) is 5.13 Å². The molecule has 0 aliphatic heterocycles. The highest BCUT2D eigenvalue weighted by atomic mass is 32.1. The van der Waals surface area contributed by atoms with Gasteiger partial charge in [-0.2, -0.15) is 74.6 Å². The summed E-state index contributed by atoms with van der Waals surface area (Å²) in [5.74, 6) is -61.9. The lowest BCUT2D eigenvalue weighted by molar-refractivity contribution is -0.459. The van der Waals surface area contributed by atoms with Crippen molar-refractivity contribution < 1.29 is 79.4 Å². The Morgan fingerprint density at radius 3 is 1.56 bits per heavy atom. The minimum absolute atomic E-state index is 0.0982. The zero-order chi connectivity index (χ0) is 33.8. The van der Waals surface area contributed by atoms with E-state index < -0.39 is 58.7 Å². The maximum atomic E-state index is 14.1. The molecule has 2 rings (SSSR count). The standard InChI is InChI=1S/C22H15F17N2OS/c1-3-9(2)10-4-6-11(7-5-10)12-8-43-14(40-12)41-13(42)15(23,24)16(25,26)17(27,28)18(29,30)19(31,32)20(33,34)21(35,36)22(37,38)39/h4-9H,3H2,1-2H3,(H,40,41,42). The summed E-state index contributed by atoms with van der Waals surface area (Å²) < 4.78 is 228. The summed E-state index contributed by atoms with van der Waals surface area (Å²) >= 11 is 0.174. The lowest BCUT2D eigenvalue weighted by Crippen LogP contribution is -2.75. The first-order valence-electron chi connectivity index (χ1n) is 11.1. The predicted octanol–water partition coefficient (Wildman–Crippen LogP) is 9.27. The van der Waals surface area contributed by atoms with Crippen LogP contribution in [0, 0.1) is 0 Å². The van der Waals surface area contributed by atoms with Gasteiger partial charge in [-0.25, -0.2) is 4.98 Å². The number of rotatable bonds is 11. The highest BCUT2D eigenvalue weighted by molar-refractivity contribution is 7.14. The fourth-order valence-corrected chi connectivity index (χ4v) is 3.88. The van der Waals surface area contributed by atoms with Crippen LogP contribution in [0.2, 0.25) is 0 Å². The van der Waals surface area contributed by atoms with Crippen LogP contribution < -0.4 is 5.32 Å². The maximum Gasteiger partial charge on any atom is 0.460 e. The van der Waals surface area contributed by atoms with Crippen molar-refractivity contribution in [3.05, 3.63) is 35.2 Å². The Balaban J connectivity index is 2.42. The molecule has 1 unspecified atom stereocenters. The van der Waals surface area contributed by atoms with Crippen molar-refractivity contribution in [3.63, 3.8) is 0 Å². The Kier molecular flexibility index (Phi) is 9.24. The molecule has 0 radical (unpaired) electrons. The second kappa shape index (κ2) is 10.9. The molecule has 0 saturated carbocycles. The first-order valence-corrected chi connectivity index (χ1v) is 12.0. The summed E-state index contributed by atoms with van der Waals surface area (Å²) in [7, 11) is 0. The van der Waals surface area contributed by atoms with Crippen LogP contribution in [0.15, 0.2) is 29.6 Å². The van der Waals surface area contributed by atoms with E-state index in [0.717, 1.165) is 22.7 Å². The molecule has 1 atom stereocenters. The van der Waals surface area contributed by atoms with Gasteiger partial charge in [0.05, 0.1) is 5.69 Å². The molecule has 0 aliphatic carbocycles. The summed E-state index contributed by atoms with van der Waals surface area (Å²) in [6.45, 7) is 3.74. The molecular formula is C22H15F17N2OS. The van der Waals surface area contributed by atoms with E-state index in [2.05, 4.69) is 4.98 Å². The summed E-state index contributed by atoms with van der Waals surface area (Å²) in [5.41, 5.74) is 0.918. The van der Waals surface area contributed by atoms with Gasteiger partial charge in [0, 0.05) is 10.9 Å². The zero-order valence-electron chi connectivity index (χ0n) is 20.9. The molecule has 0 fully saturated rings. The van der Waals surface area contributed by atoms with Gasteiger partial charge in [-0.05, 0) is 17.9 Å². The van der Waals surface area contributed by atoms with Crippen LogP contribution in [0.5, 0.6) is 0 Å². The van der Waals surface area contributed by atoms with E-state index in [-0.39, 0.29) is 28.5 Å². The van der Waals surface area contributed by atoms with E-state index in [4.69, 9.17) is 0 Å². The van der Waals surface area contributed by atoms with Crippen LogP contribution in [0.1, 0.15) is 31.7 Å². The number of halogens is 17. The molecule has 21 heteroatoms. The van der Waals surface area contributed by atoms with Crippen LogP contribution in [0.4, 0.5) is 79.8 Å². The number of aromatic nitrogens is 1. The van der Waals surface area contributed by atoms with Gasteiger partial charge in [0.1, 0.15) is 0 Å². The minimum Gasteiger partial charge on any atom is -0.296 e. The predicted molar refractivity (Wildman–Crippen MR) is 116 cm³/mol. The van der Waals surface area contributed by atoms with Crippen LogP contribution >= 0.6 is 11.3 Å². The number of anilines is 1. The van der Waals surface area contributed by atoms with Gasteiger partial charge in [0.2, 0.25) is 0 Å². The quantitative estimate of drug-likeness (QED) is 0.241. The Morgan fingerprint density at radius 1 is 0.721 bits per heavy atom. The van der Waals surface area contributed by atoms with Crippen molar-refractivity contribution in [1.82, 2.24) is 4.98 Å². The van der Waals surface area contributed by atoms with E-state index in [1.54, 1.807) is 12.1 Å². The van der Waals surface area contributed by atoms with Crippen molar-refractivity contribution in [1.29, 1.82) is 0 Å². The first kappa shape index (κ1) is 36.3. The molecule has 0 aliphatic rings. The van der Waals surface area contributed by atoms with E-state index >= 15 is 0 Å². The van der Waals surface area contributed by atoms with Crippen LogP contribution in [0.25, 0.3) is 11.3 Å². The fraction of sp³-hybridized carbons (Fsp3) is 0.545. The van der Waals surface area contributed by atoms with Gasteiger partial charge in [-0.15, -0.1) is 11.3 Å². The molecule has 1 amide bonds. The molecule has 1 heterocycles. The first-order chi connectivity index (χ1) is 19.1. The fourth-order valence-electron chi connectivity index (χ4n) is 3.16. The van der Waals surface area contributed by atoms with E-state index in [0.29, 0.717) is 0 Å². The van der Waals surface area contributed by atoms with Crippen molar-refractivity contribution in [2.45, 2.75) is 73.8 Å². The van der Waals surface area contributed by atoms with Crippen molar-refractivity contribution >= 4 is 22.4 Å². The number of thiazole rings is 1.